The van der Waals surface area contributed by atoms with Gasteiger partial charge in [-0.2, -0.15) is 28.8 Å². The van der Waals surface area contributed by atoms with Crippen LogP contribution in [0.1, 0.15) is 18.9 Å². The molecule has 0 aliphatic carbocycles. The summed E-state index contributed by atoms with van der Waals surface area (Å²) in [4.78, 5) is 0. The van der Waals surface area contributed by atoms with Crippen LogP contribution >= 0.6 is 11.3 Å². The lowest BCUT2D eigenvalue weighted by molar-refractivity contribution is 0.445. The molecule has 0 aliphatic rings. The normalized spacial score (nSPS) is 12.2. The maximum Gasteiger partial charge on any atom is 0.279 e. The molecule has 0 atom stereocenters. The summed E-state index contributed by atoms with van der Waals surface area (Å²) in [7, 11) is -1.76. The summed E-state index contributed by atoms with van der Waals surface area (Å²) in [6, 6.07) is 1.92. The van der Waals surface area contributed by atoms with Crippen LogP contribution in [0.4, 0.5) is 0 Å². The van der Waals surface area contributed by atoms with E-state index in [2.05, 4.69) is 10.0 Å². The van der Waals surface area contributed by atoms with Crippen molar-refractivity contribution in [3.05, 3.63) is 22.4 Å². The Balaban J connectivity index is 2.33. The van der Waals surface area contributed by atoms with Gasteiger partial charge in [-0.05, 0) is 41.9 Å². The largest absolute Gasteiger partial charge is 0.317 e. The summed E-state index contributed by atoms with van der Waals surface area (Å²) < 4.78 is 27.7. The average molecular weight is 291 g/mol. The first-order valence-electron chi connectivity index (χ1n) is 5.99. The number of rotatable bonds is 9. The van der Waals surface area contributed by atoms with Gasteiger partial charge in [0.2, 0.25) is 0 Å². The molecule has 0 aromatic carbocycles. The zero-order valence-electron chi connectivity index (χ0n) is 10.8. The molecule has 0 saturated heterocycles. The van der Waals surface area contributed by atoms with E-state index in [4.69, 9.17) is 0 Å². The predicted molar refractivity (Wildman–Crippen MR) is 75.9 cm³/mol. The zero-order chi connectivity index (χ0) is 13.4. The number of hydrogen-bond acceptors (Lipinski definition) is 4. The molecule has 18 heavy (non-hydrogen) atoms. The molecule has 0 bridgehead atoms. The van der Waals surface area contributed by atoms with Crippen LogP contribution < -0.4 is 10.0 Å². The Hall–Kier alpha value is -0.470. The van der Waals surface area contributed by atoms with E-state index in [0.717, 1.165) is 25.1 Å². The summed E-state index contributed by atoms with van der Waals surface area (Å²) in [5.41, 5.74) is 0.990. The SMILES string of the molecule is CCNCCCN(C)S(=O)(=O)NCc1ccsc1. The lowest BCUT2D eigenvalue weighted by atomic mass is 10.4. The monoisotopic (exact) mass is 291 g/mol. The van der Waals surface area contributed by atoms with Gasteiger partial charge >= 0.3 is 0 Å². The molecular formula is C11H21N3O2S2. The van der Waals surface area contributed by atoms with Crippen molar-refractivity contribution in [3.8, 4) is 0 Å². The van der Waals surface area contributed by atoms with E-state index in [9.17, 15) is 8.42 Å². The van der Waals surface area contributed by atoms with E-state index >= 15 is 0 Å². The van der Waals surface area contributed by atoms with E-state index in [0.29, 0.717) is 13.1 Å². The van der Waals surface area contributed by atoms with Crippen molar-refractivity contribution in [2.75, 3.05) is 26.7 Å². The molecule has 0 aliphatic heterocycles. The van der Waals surface area contributed by atoms with Crippen LogP contribution in [0.15, 0.2) is 16.8 Å². The predicted octanol–water partition coefficient (Wildman–Crippen LogP) is 1.01. The third-order valence-corrected chi connectivity index (χ3v) is 4.77. The van der Waals surface area contributed by atoms with E-state index in [1.54, 1.807) is 18.4 Å². The van der Waals surface area contributed by atoms with Crippen LogP contribution in [-0.4, -0.2) is 39.4 Å². The molecule has 0 saturated carbocycles. The summed E-state index contributed by atoms with van der Waals surface area (Å²) in [6.45, 7) is 4.64. The summed E-state index contributed by atoms with van der Waals surface area (Å²) in [5, 5.41) is 7.04. The molecule has 1 heterocycles. The minimum absolute atomic E-state index is 0.351. The Labute approximate surface area is 113 Å². The molecule has 5 nitrogen and oxygen atoms in total. The van der Waals surface area contributed by atoms with Crippen LogP contribution in [0.2, 0.25) is 0 Å². The molecule has 0 spiro atoms. The van der Waals surface area contributed by atoms with Gasteiger partial charge in [-0.25, -0.2) is 0 Å². The second-order valence-electron chi connectivity index (χ2n) is 3.99. The molecule has 1 aromatic rings. The van der Waals surface area contributed by atoms with Crippen molar-refractivity contribution in [2.45, 2.75) is 19.9 Å². The maximum atomic E-state index is 11.9. The Morgan fingerprint density at radius 2 is 2.22 bits per heavy atom. The smallest absolute Gasteiger partial charge is 0.279 e. The van der Waals surface area contributed by atoms with Gasteiger partial charge in [0.1, 0.15) is 0 Å². The molecule has 0 unspecified atom stereocenters. The first-order valence-corrected chi connectivity index (χ1v) is 8.37. The minimum Gasteiger partial charge on any atom is -0.317 e. The van der Waals surface area contributed by atoms with Gasteiger partial charge in [0.25, 0.3) is 10.2 Å². The molecule has 0 radical (unpaired) electrons. The number of hydrogen-bond donors (Lipinski definition) is 2. The highest BCUT2D eigenvalue weighted by Crippen LogP contribution is 2.06. The highest BCUT2D eigenvalue weighted by molar-refractivity contribution is 7.87. The third-order valence-electron chi connectivity index (χ3n) is 2.53. The van der Waals surface area contributed by atoms with Crippen LogP contribution in [0.25, 0.3) is 0 Å². The summed E-state index contributed by atoms with van der Waals surface area (Å²) >= 11 is 1.56. The Kier molecular flexibility index (Phi) is 6.80. The summed E-state index contributed by atoms with van der Waals surface area (Å²) in [5.74, 6) is 0. The second-order valence-corrected chi connectivity index (χ2v) is 6.63. The van der Waals surface area contributed by atoms with Crippen molar-refractivity contribution in [3.63, 3.8) is 0 Å². The lowest BCUT2D eigenvalue weighted by Crippen LogP contribution is -2.39. The van der Waals surface area contributed by atoms with Gasteiger partial charge in [0, 0.05) is 20.1 Å². The highest BCUT2D eigenvalue weighted by atomic mass is 32.2. The Morgan fingerprint density at radius 3 is 2.83 bits per heavy atom. The number of thiophene rings is 1. The molecular weight excluding hydrogens is 270 g/mol. The van der Waals surface area contributed by atoms with Crippen molar-refractivity contribution in [2.24, 2.45) is 0 Å². The quantitative estimate of drug-likeness (QED) is 0.668. The van der Waals surface area contributed by atoms with E-state index in [1.807, 2.05) is 23.8 Å². The summed E-state index contributed by atoms with van der Waals surface area (Å²) in [6.07, 6.45) is 0.809. The van der Waals surface area contributed by atoms with Crippen molar-refractivity contribution >= 4 is 21.5 Å². The molecule has 7 heteroatoms. The van der Waals surface area contributed by atoms with E-state index in [1.165, 1.54) is 4.31 Å². The lowest BCUT2D eigenvalue weighted by Gasteiger charge is -2.17. The Morgan fingerprint density at radius 1 is 1.44 bits per heavy atom. The van der Waals surface area contributed by atoms with Crippen LogP contribution in [-0.2, 0) is 16.8 Å². The fourth-order valence-corrected chi connectivity index (χ4v) is 3.01. The van der Waals surface area contributed by atoms with Crippen molar-refractivity contribution in [1.29, 1.82) is 0 Å². The van der Waals surface area contributed by atoms with E-state index in [-0.39, 0.29) is 0 Å². The fraction of sp³-hybridized carbons (Fsp3) is 0.636. The second kappa shape index (κ2) is 7.85. The van der Waals surface area contributed by atoms with Gasteiger partial charge < -0.3 is 5.32 Å². The van der Waals surface area contributed by atoms with E-state index < -0.39 is 10.2 Å². The maximum absolute atomic E-state index is 11.9. The fourth-order valence-electron chi connectivity index (χ4n) is 1.40. The standard InChI is InChI=1S/C11H21N3O2S2/c1-3-12-6-4-7-14(2)18(15,16)13-9-11-5-8-17-10-11/h5,8,10,12-13H,3-4,6-7,9H2,1-2H3. The molecule has 0 amide bonds. The first kappa shape index (κ1) is 15.6. The van der Waals surface area contributed by atoms with Gasteiger partial charge in [0.05, 0.1) is 0 Å². The topological polar surface area (TPSA) is 61.4 Å². The van der Waals surface area contributed by atoms with Gasteiger partial charge in [-0.3, -0.25) is 0 Å². The van der Waals surface area contributed by atoms with Gasteiger partial charge in [0.15, 0.2) is 0 Å². The molecule has 2 N–H and O–H groups in total. The number of nitrogens with zero attached hydrogens (tertiary/aromatic N) is 1. The molecule has 104 valence electrons. The van der Waals surface area contributed by atoms with Crippen LogP contribution in [0, 0.1) is 0 Å². The van der Waals surface area contributed by atoms with Crippen molar-refractivity contribution in [1.82, 2.24) is 14.3 Å². The first-order chi connectivity index (χ1) is 8.56. The molecule has 1 rings (SSSR count). The van der Waals surface area contributed by atoms with Crippen molar-refractivity contribution < 1.29 is 8.42 Å². The van der Waals surface area contributed by atoms with Crippen LogP contribution in [0.5, 0.6) is 0 Å². The highest BCUT2D eigenvalue weighted by Gasteiger charge is 2.16. The minimum atomic E-state index is -3.36. The molecule has 0 fully saturated rings. The zero-order valence-corrected chi connectivity index (χ0v) is 12.5. The van der Waals surface area contributed by atoms with Gasteiger partial charge in [-0.15, -0.1) is 0 Å². The van der Waals surface area contributed by atoms with Gasteiger partial charge in [-0.1, -0.05) is 6.92 Å². The molecule has 1 aromatic heterocycles. The number of nitrogens with one attached hydrogen (secondary N) is 2. The average Bonchev–Trinajstić information content (AvgIpc) is 2.85. The Bertz CT molecular complexity index is 418. The van der Waals surface area contributed by atoms with Crippen LogP contribution in [0.3, 0.4) is 0 Å². The third kappa shape index (κ3) is 5.45.